The quantitative estimate of drug-likeness (QED) is 0.745. The molecular weight excluding hydrogens is 332 g/mol. The molecule has 0 bridgehead atoms. The maximum atomic E-state index is 12.2. The molecule has 0 N–H and O–H groups in total. The molecule has 138 valence electrons. The van der Waals surface area contributed by atoms with E-state index in [0.29, 0.717) is 6.54 Å². The molecule has 8 heteroatoms. The van der Waals surface area contributed by atoms with Crippen LogP contribution in [-0.4, -0.2) is 57.2 Å². The highest BCUT2D eigenvalue weighted by molar-refractivity contribution is 5.37. The Bertz CT molecular complexity index is 911. The van der Waals surface area contributed by atoms with Crippen LogP contribution in [0.1, 0.15) is 17.7 Å². The molecule has 1 saturated heterocycles. The number of nitrogens with zero attached hydrogens (tertiary/aromatic N) is 6. The molecule has 0 atom stereocenters. The van der Waals surface area contributed by atoms with E-state index >= 15 is 0 Å². The first-order valence-electron chi connectivity index (χ1n) is 9.22. The zero-order chi connectivity index (χ0) is 18.1. The third-order valence-electron chi connectivity index (χ3n) is 5.29. The van der Waals surface area contributed by atoms with Crippen molar-refractivity contribution in [3.63, 3.8) is 0 Å². The molecule has 2 aliphatic rings. The van der Waals surface area contributed by atoms with Crippen LogP contribution < -0.4 is 16.0 Å². The maximum Gasteiger partial charge on any atom is 0.267 e. The van der Waals surface area contributed by atoms with Gasteiger partial charge >= 0.3 is 0 Å². The monoisotopic (exact) mass is 356 g/mol. The Morgan fingerprint density at radius 3 is 2.54 bits per heavy atom. The first-order chi connectivity index (χ1) is 12.6. The van der Waals surface area contributed by atoms with Crippen LogP contribution in [0.4, 0.5) is 5.82 Å². The van der Waals surface area contributed by atoms with Gasteiger partial charge in [-0.1, -0.05) is 0 Å². The minimum Gasteiger partial charge on any atom is -0.353 e. The van der Waals surface area contributed by atoms with E-state index < -0.39 is 0 Å². The van der Waals surface area contributed by atoms with Crippen LogP contribution in [0.2, 0.25) is 0 Å². The van der Waals surface area contributed by atoms with Crippen LogP contribution >= 0.6 is 0 Å². The summed E-state index contributed by atoms with van der Waals surface area (Å²) in [5, 5.41) is 8.86. The fraction of sp³-hybridized carbons (Fsp3) is 0.556. The Kier molecular flexibility index (Phi) is 4.58. The summed E-state index contributed by atoms with van der Waals surface area (Å²) in [6.45, 7) is 4.98. The summed E-state index contributed by atoms with van der Waals surface area (Å²) in [7, 11) is 1.67. The van der Waals surface area contributed by atoms with Crippen LogP contribution in [0.25, 0.3) is 0 Å². The van der Waals surface area contributed by atoms with E-state index in [1.807, 2.05) is 0 Å². The topological polar surface area (TPSA) is 76.3 Å². The molecule has 0 spiro atoms. The molecule has 2 aromatic rings. The Hall–Kier alpha value is -2.48. The highest BCUT2D eigenvalue weighted by Crippen LogP contribution is 2.17. The van der Waals surface area contributed by atoms with Crippen molar-refractivity contribution in [1.82, 2.24) is 24.5 Å². The molecule has 26 heavy (non-hydrogen) atoms. The van der Waals surface area contributed by atoms with Gasteiger partial charge in [-0.05, 0) is 30.9 Å². The van der Waals surface area contributed by atoms with Crippen molar-refractivity contribution in [2.45, 2.75) is 25.8 Å². The van der Waals surface area contributed by atoms with E-state index in [2.05, 4.69) is 20.0 Å². The predicted octanol–water partition coefficient (Wildman–Crippen LogP) is -0.352. The number of rotatable bonds is 4. The van der Waals surface area contributed by atoms with Crippen molar-refractivity contribution in [3.05, 3.63) is 50.2 Å². The van der Waals surface area contributed by atoms with Crippen LogP contribution in [0.15, 0.2) is 27.8 Å². The highest BCUT2D eigenvalue weighted by atomic mass is 16.1. The lowest BCUT2D eigenvalue weighted by atomic mass is 10.2. The number of piperazine rings is 1. The highest BCUT2D eigenvalue weighted by Gasteiger charge is 2.19. The van der Waals surface area contributed by atoms with Gasteiger partial charge in [-0.2, -0.15) is 10.2 Å². The predicted molar refractivity (Wildman–Crippen MR) is 98.7 cm³/mol. The van der Waals surface area contributed by atoms with E-state index in [9.17, 15) is 9.59 Å². The third-order valence-corrected chi connectivity index (χ3v) is 5.29. The van der Waals surface area contributed by atoms with Gasteiger partial charge in [0.15, 0.2) is 0 Å². The van der Waals surface area contributed by atoms with Crippen molar-refractivity contribution < 1.29 is 0 Å². The van der Waals surface area contributed by atoms with Crippen molar-refractivity contribution in [2.24, 2.45) is 7.05 Å². The van der Waals surface area contributed by atoms with Crippen molar-refractivity contribution in [1.29, 1.82) is 0 Å². The molecule has 1 aliphatic carbocycles. The number of fused-ring (bicyclic) bond motifs is 1. The molecule has 8 nitrogen and oxygen atoms in total. The fourth-order valence-electron chi connectivity index (χ4n) is 3.69. The molecular formula is C18H24N6O2. The molecule has 0 radical (unpaired) electrons. The average molecular weight is 356 g/mol. The molecule has 1 fully saturated rings. The standard InChI is InChI=1S/C18H24N6O2/c1-21-17(25)6-5-16(20-21)23-10-7-22(8-11-23)9-12-24-18(26)13-14-3-2-4-15(14)19-24/h5-6,13H,2-4,7-12H2,1H3. The minimum absolute atomic E-state index is 0.0127. The summed E-state index contributed by atoms with van der Waals surface area (Å²) in [4.78, 5) is 28.2. The van der Waals surface area contributed by atoms with E-state index in [-0.39, 0.29) is 11.1 Å². The number of aryl methyl sites for hydroxylation is 3. The smallest absolute Gasteiger partial charge is 0.267 e. The molecule has 2 aromatic heterocycles. The Morgan fingerprint density at radius 2 is 1.77 bits per heavy atom. The second kappa shape index (κ2) is 7.03. The van der Waals surface area contributed by atoms with Crippen molar-refractivity contribution >= 4 is 5.82 Å². The third kappa shape index (κ3) is 3.41. The number of hydrogen-bond acceptors (Lipinski definition) is 6. The second-order valence-electron chi connectivity index (χ2n) is 7.01. The van der Waals surface area contributed by atoms with Gasteiger partial charge in [0.1, 0.15) is 5.82 Å². The molecule has 0 saturated carbocycles. The van der Waals surface area contributed by atoms with Crippen molar-refractivity contribution in [2.75, 3.05) is 37.6 Å². The summed E-state index contributed by atoms with van der Waals surface area (Å²) in [5.41, 5.74) is 2.14. The molecule has 1 aliphatic heterocycles. The fourth-order valence-corrected chi connectivity index (χ4v) is 3.69. The molecule has 0 amide bonds. The number of aromatic nitrogens is 4. The van der Waals surface area contributed by atoms with Gasteiger partial charge in [-0.25, -0.2) is 9.36 Å². The molecule has 4 rings (SSSR count). The minimum atomic E-state index is -0.0975. The molecule has 0 unspecified atom stereocenters. The Morgan fingerprint density at radius 1 is 0.962 bits per heavy atom. The van der Waals surface area contributed by atoms with Gasteiger partial charge in [-0.15, -0.1) is 0 Å². The van der Waals surface area contributed by atoms with Crippen LogP contribution in [0.5, 0.6) is 0 Å². The lowest BCUT2D eigenvalue weighted by Gasteiger charge is -2.35. The largest absolute Gasteiger partial charge is 0.353 e. The average Bonchev–Trinajstić information content (AvgIpc) is 3.09. The normalized spacial score (nSPS) is 17.5. The summed E-state index contributed by atoms with van der Waals surface area (Å²) >= 11 is 0. The Balaban J connectivity index is 1.34. The number of anilines is 1. The summed E-state index contributed by atoms with van der Waals surface area (Å²) < 4.78 is 2.98. The first kappa shape index (κ1) is 17.0. The first-order valence-corrected chi connectivity index (χ1v) is 9.22. The summed E-state index contributed by atoms with van der Waals surface area (Å²) in [6, 6.07) is 5.10. The van der Waals surface area contributed by atoms with Crippen LogP contribution in [0.3, 0.4) is 0 Å². The van der Waals surface area contributed by atoms with E-state index in [1.54, 1.807) is 29.9 Å². The van der Waals surface area contributed by atoms with Crippen LogP contribution in [-0.2, 0) is 26.4 Å². The van der Waals surface area contributed by atoms with E-state index in [0.717, 1.165) is 69.1 Å². The SMILES string of the molecule is Cn1nc(N2CCN(CCn3nc4c(cc3=O)CCC4)CC2)ccc1=O. The van der Waals surface area contributed by atoms with Crippen LogP contribution in [0, 0.1) is 0 Å². The van der Waals surface area contributed by atoms with Gasteiger partial charge in [0.05, 0.1) is 12.2 Å². The zero-order valence-electron chi connectivity index (χ0n) is 15.1. The second-order valence-corrected chi connectivity index (χ2v) is 7.01. The maximum absolute atomic E-state index is 12.2. The number of hydrogen-bond donors (Lipinski definition) is 0. The van der Waals surface area contributed by atoms with Gasteiger partial charge in [-0.3, -0.25) is 14.5 Å². The molecule has 0 aromatic carbocycles. The lowest BCUT2D eigenvalue weighted by Crippen LogP contribution is -2.48. The Labute approximate surface area is 151 Å². The summed E-state index contributed by atoms with van der Waals surface area (Å²) in [6.07, 6.45) is 3.08. The van der Waals surface area contributed by atoms with Crippen molar-refractivity contribution in [3.8, 4) is 0 Å². The van der Waals surface area contributed by atoms with Gasteiger partial charge in [0, 0.05) is 51.9 Å². The van der Waals surface area contributed by atoms with E-state index in [1.165, 1.54) is 4.68 Å². The van der Waals surface area contributed by atoms with Gasteiger partial charge in [0.2, 0.25) is 0 Å². The zero-order valence-corrected chi connectivity index (χ0v) is 15.1. The van der Waals surface area contributed by atoms with Gasteiger partial charge in [0.25, 0.3) is 11.1 Å². The molecule has 3 heterocycles. The summed E-state index contributed by atoms with van der Waals surface area (Å²) in [5.74, 6) is 0.836. The van der Waals surface area contributed by atoms with Gasteiger partial charge < -0.3 is 4.90 Å². The lowest BCUT2D eigenvalue weighted by molar-refractivity contribution is 0.241. The van der Waals surface area contributed by atoms with E-state index in [4.69, 9.17) is 0 Å².